The van der Waals surface area contributed by atoms with E-state index in [2.05, 4.69) is 12.2 Å². The molecule has 0 aromatic heterocycles. The minimum Gasteiger partial charge on any atom is -0.436 e. The summed E-state index contributed by atoms with van der Waals surface area (Å²) in [4.78, 5) is 12.9. The Bertz CT molecular complexity index is 706. The third-order valence-corrected chi connectivity index (χ3v) is 3.57. The molecule has 0 N–H and O–H groups in total. The van der Waals surface area contributed by atoms with Crippen LogP contribution in [0, 0.1) is 11.3 Å². The van der Waals surface area contributed by atoms with Gasteiger partial charge in [0.1, 0.15) is 5.75 Å². The molecule has 6 heteroatoms. The standard InChI is InChI=1S/C15H8ClNO2S2/c16-15(20)19-12-5-3-11(4-6-12)14(18)21-13-7-1-10(9-17)2-8-13/h1-8H. The second-order valence-corrected chi connectivity index (χ2v) is 5.87. The number of nitriles is 1. The van der Waals surface area contributed by atoms with Crippen molar-refractivity contribution in [1.82, 2.24) is 0 Å². The van der Waals surface area contributed by atoms with E-state index in [1.54, 1.807) is 48.5 Å². The summed E-state index contributed by atoms with van der Waals surface area (Å²) in [5, 5.41) is 8.63. The molecule has 2 aromatic carbocycles. The highest BCUT2D eigenvalue weighted by atomic mass is 35.5. The van der Waals surface area contributed by atoms with Crippen LogP contribution in [-0.4, -0.2) is 9.63 Å². The highest BCUT2D eigenvalue weighted by Crippen LogP contribution is 2.24. The van der Waals surface area contributed by atoms with Crippen molar-refractivity contribution in [1.29, 1.82) is 5.26 Å². The molecule has 0 aliphatic heterocycles. The molecule has 104 valence electrons. The monoisotopic (exact) mass is 333 g/mol. The first-order chi connectivity index (χ1) is 10.1. The van der Waals surface area contributed by atoms with Crippen molar-refractivity contribution in [2.75, 3.05) is 0 Å². The van der Waals surface area contributed by atoms with E-state index in [0.29, 0.717) is 16.9 Å². The molecule has 0 saturated carbocycles. The van der Waals surface area contributed by atoms with Crippen molar-refractivity contribution in [2.24, 2.45) is 0 Å². The van der Waals surface area contributed by atoms with Crippen LogP contribution in [0.4, 0.5) is 0 Å². The van der Waals surface area contributed by atoms with Gasteiger partial charge in [0.15, 0.2) is 0 Å². The maximum atomic E-state index is 12.1. The van der Waals surface area contributed by atoms with E-state index in [0.717, 1.165) is 16.7 Å². The number of halogens is 1. The number of benzene rings is 2. The largest absolute Gasteiger partial charge is 0.436 e. The van der Waals surface area contributed by atoms with Gasteiger partial charge in [0, 0.05) is 10.5 Å². The maximum absolute atomic E-state index is 12.1. The van der Waals surface area contributed by atoms with Crippen LogP contribution in [0.1, 0.15) is 15.9 Å². The van der Waals surface area contributed by atoms with Crippen molar-refractivity contribution in [3.05, 3.63) is 59.7 Å². The van der Waals surface area contributed by atoms with Crippen molar-refractivity contribution < 1.29 is 9.53 Å². The molecule has 0 unspecified atom stereocenters. The van der Waals surface area contributed by atoms with E-state index in [-0.39, 0.29) is 9.63 Å². The van der Waals surface area contributed by atoms with Gasteiger partial charge in [-0.3, -0.25) is 4.79 Å². The smallest absolute Gasteiger partial charge is 0.260 e. The lowest BCUT2D eigenvalue weighted by molar-refractivity contribution is 0.108. The number of ether oxygens (including phenoxy) is 1. The van der Waals surface area contributed by atoms with Crippen LogP contribution >= 0.6 is 35.6 Å². The van der Waals surface area contributed by atoms with Crippen LogP contribution in [0.25, 0.3) is 0 Å². The molecular weight excluding hydrogens is 326 g/mol. The zero-order chi connectivity index (χ0) is 15.2. The van der Waals surface area contributed by atoms with Gasteiger partial charge in [-0.05, 0) is 84.1 Å². The summed E-state index contributed by atoms with van der Waals surface area (Å²) in [5.41, 5.74) is 1.10. The third kappa shape index (κ3) is 4.57. The van der Waals surface area contributed by atoms with E-state index in [9.17, 15) is 4.79 Å². The number of rotatable bonds is 3. The van der Waals surface area contributed by atoms with Crippen LogP contribution in [0.5, 0.6) is 5.75 Å². The Labute approximate surface area is 136 Å². The fourth-order valence-corrected chi connectivity index (χ4v) is 2.44. The summed E-state index contributed by atoms with van der Waals surface area (Å²) in [6.07, 6.45) is 0. The van der Waals surface area contributed by atoms with Crippen LogP contribution in [0.15, 0.2) is 53.4 Å². The molecule has 0 saturated heterocycles. The molecule has 0 fully saturated rings. The van der Waals surface area contributed by atoms with Crippen LogP contribution < -0.4 is 4.74 Å². The highest BCUT2D eigenvalue weighted by Gasteiger charge is 2.09. The molecule has 0 amide bonds. The lowest BCUT2D eigenvalue weighted by atomic mass is 10.2. The summed E-state index contributed by atoms with van der Waals surface area (Å²) >= 11 is 11.2. The van der Waals surface area contributed by atoms with Crippen molar-refractivity contribution in [2.45, 2.75) is 4.90 Å². The summed E-state index contributed by atoms with van der Waals surface area (Å²) in [6, 6.07) is 15.4. The van der Waals surface area contributed by atoms with E-state index in [4.69, 9.17) is 21.6 Å². The summed E-state index contributed by atoms with van der Waals surface area (Å²) in [7, 11) is 0. The van der Waals surface area contributed by atoms with Gasteiger partial charge < -0.3 is 4.74 Å². The summed E-state index contributed by atoms with van der Waals surface area (Å²) in [6.45, 7) is 0. The maximum Gasteiger partial charge on any atom is 0.260 e. The molecule has 0 radical (unpaired) electrons. The van der Waals surface area contributed by atoms with Gasteiger partial charge in [0.25, 0.3) is 4.51 Å². The Morgan fingerprint density at radius 3 is 2.29 bits per heavy atom. The quantitative estimate of drug-likeness (QED) is 0.473. The molecule has 3 nitrogen and oxygen atoms in total. The van der Waals surface area contributed by atoms with Crippen LogP contribution in [0.3, 0.4) is 0 Å². The molecule has 2 rings (SSSR count). The molecule has 0 heterocycles. The number of thiocarbonyl (C=S) groups is 1. The highest BCUT2D eigenvalue weighted by molar-refractivity contribution is 8.14. The van der Waals surface area contributed by atoms with E-state index < -0.39 is 0 Å². The lowest BCUT2D eigenvalue weighted by Gasteiger charge is -2.04. The second-order valence-electron chi connectivity index (χ2n) is 3.89. The Kier molecular flexibility index (Phi) is 5.34. The second kappa shape index (κ2) is 7.23. The fraction of sp³-hybridized carbons (Fsp3) is 0. The van der Waals surface area contributed by atoms with E-state index >= 15 is 0 Å². The SMILES string of the molecule is N#Cc1ccc(SC(=O)c2ccc(OC(=S)Cl)cc2)cc1. The zero-order valence-corrected chi connectivity index (χ0v) is 13.0. The van der Waals surface area contributed by atoms with E-state index in [1.807, 2.05) is 6.07 Å². The third-order valence-electron chi connectivity index (χ3n) is 2.48. The summed E-state index contributed by atoms with van der Waals surface area (Å²) in [5.74, 6) is 0.481. The Morgan fingerprint density at radius 1 is 1.14 bits per heavy atom. The fourth-order valence-electron chi connectivity index (χ4n) is 1.52. The number of nitrogens with zero attached hydrogens (tertiary/aromatic N) is 1. The zero-order valence-electron chi connectivity index (χ0n) is 10.6. The van der Waals surface area contributed by atoms with Gasteiger partial charge in [-0.25, -0.2) is 0 Å². The van der Waals surface area contributed by atoms with Gasteiger partial charge in [0.05, 0.1) is 11.6 Å². The average Bonchev–Trinajstić information content (AvgIpc) is 2.48. The predicted octanol–water partition coefficient (Wildman–Crippen LogP) is 4.39. The molecule has 0 aliphatic rings. The number of carbonyl (C=O) groups excluding carboxylic acids is 1. The van der Waals surface area contributed by atoms with Gasteiger partial charge in [-0.2, -0.15) is 5.26 Å². The first kappa shape index (κ1) is 15.5. The van der Waals surface area contributed by atoms with Gasteiger partial charge >= 0.3 is 0 Å². The number of thioether (sulfide) groups is 1. The topological polar surface area (TPSA) is 50.1 Å². The molecule has 0 spiro atoms. The van der Waals surface area contributed by atoms with Gasteiger partial charge in [-0.15, -0.1) is 0 Å². The van der Waals surface area contributed by atoms with Gasteiger partial charge in [0.2, 0.25) is 5.12 Å². The minimum absolute atomic E-state index is 0.0963. The van der Waals surface area contributed by atoms with Crippen molar-refractivity contribution in [3.63, 3.8) is 0 Å². The molecular formula is C15H8ClNO2S2. The van der Waals surface area contributed by atoms with E-state index in [1.165, 1.54) is 0 Å². The lowest BCUT2D eigenvalue weighted by Crippen LogP contribution is -1.97. The number of carbonyl (C=O) groups is 1. The van der Waals surface area contributed by atoms with Crippen molar-refractivity contribution >= 4 is 45.2 Å². The number of hydrogen-bond acceptors (Lipinski definition) is 5. The summed E-state index contributed by atoms with van der Waals surface area (Å²) < 4.78 is 4.94. The van der Waals surface area contributed by atoms with Crippen LogP contribution in [-0.2, 0) is 0 Å². The first-order valence-corrected chi connectivity index (χ1v) is 7.38. The number of hydrogen-bond donors (Lipinski definition) is 0. The molecule has 0 aliphatic carbocycles. The molecule has 21 heavy (non-hydrogen) atoms. The first-order valence-electron chi connectivity index (χ1n) is 5.78. The van der Waals surface area contributed by atoms with Crippen molar-refractivity contribution in [3.8, 4) is 11.8 Å². The molecule has 0 bridgehead atoms. The predicted molar refractivity (Wildman–Crippen MR) is 86.9 cm³/mol. The Morgan fingerprint density at radius 2 is 1.76 bits per heavy atom. The molecule has 0 atom stereocenters. The average molecular weight is 334 g/mol. The normalized spacial score (nSPS) is 9.71. The Balaban J connectivity index is 2.05. The Hall–Kier alpha value is -1.87. The van der Waals surface area contributed by atoms with Gasteiger partial charge in [-0.1, -0.05) is 0 Å². The molecule has 2 aromatic rings. The van der Waals surface area contributed by atoms with Crippen LogP contribution in [0.2, 0.25) is 0 Å². The minimum atomic E-state index is -0.0975.